The van der Waals surface area contributed by atoms with E-state index >= 15 is 0 Å². The van der Waals surface area contributed by atoms with Gasteiger partial charge in [0.15, 0.2) is 0 Å². The Hall–Kier alpha value is -1.63. The quantitative estimate of drug-likeness (QED) is 0.573. The van der Waals surface area contributed by atoms with Gasteiger partial charge in [-0.05, 0) is 43.3 Å². The van der Waals surface area contributed by atoms with E-state index in [1.807, 2.05) is 12.1 Å². The largest absolute Gasteiger partial charge is 0.399 e. The molecule has 1 aromatic carbocycles. The van der Waals surface area contributed by atoms with Gasteiger partial charge in [0.2, 0.25) is 0 Å². The summed E-state index contributed by atoms with van der Waals surface area (Å²) in [6.45, 7) is 4.28. The topological polar surface area (TPSA) is 53.0 Å². The summed E-state index contributed by atoms with van der Waals surface area (Å²) >= 11 is 0. The molecule has 0 radical (unpaired) electrons. The third-order valence-electron chi connectivity index (χ3n) is 3.24. The zero-order valence-corrected chi connectivity index (χ0v) is 9.61. The molecule has 0 aliphatic carbocycles. The Morgan fingerprint density at radius 2 is 2.06 bits per heavy atom. The molecule has 0 bridgehead atoms. The number of hydrogen-bond donors (Lipinski definition) is 1. The number of anilines is 2. The Kier molecular flexibility index (Phi) is 3.05. The van der Waals surface area contributed by atoms with E-state index in [0.717, 1.165) is 31.4 Å². The van der Waals surface area contributed by atoms with Crippen molar-refractivity contribution in [2.75, 3.05) is 23.7 Å². The van der Waals surface area contributed by atoms with Crippen LogP contribution in [-0.4, -0.2) is 19.8 Å². The van der Waals surface area contributed by atoms with Crippen LogP contribution in [0, 0.1) is 18.2 Å². The monoisotopic (exact) mass is 213 g/mol. The first-order valence-electron chi connectivity index (χ1n) is 5.71. The second-order valence-corrected chi connectivity index (χ2v) is 4.44. The number of benzene rings is 1. The zero-order valence-electron chi connectivity index (χ0n) is 9.61. The van der Waals surface area contributed by atoms with Crippen molar-refractivity contribution < 1.29 is 0 Å². The van der Waals surface area contributed by atoms with Gasteiger partial charge in [-0.2, -0.15) is 0 Å². The maximum absolute atomic E-state index is 8.85. The Bertz CT molecular complexity index is 417. The van der Waals surface area contributed by atoms with Gasteiger partial charge in [0, 0.05) is 30.4 Å². The number of hydrogen-bond acceptors (Lipinski definition) is 3. The molecule has 0 aromatic heterocycles. The third-order valence-corrected chi connectivity index (χ3v) is 3.24. The molecular formula is C12H16BN3. The van der Waals surface area contributed by atoms with E-state index in [0.29, 0.717) is 0 Å². The molecule has 0 atom stereocenters. The van der Waals surface area contributed by atoms with Gasteiger partial charge in [-0.15, -0.1) is 0 Å². The van der Waals surface area contributed by atoms with Gasteiger partial charge in [0.1, 0.15) is 0 Å². The zero-order chi connectivity index (χ0) is 11.5. The minimum atomic E-state index is 0.241. The van der Waals surface area contributed by atoms with Crippen molar-refractivity contribution >= 4 is 18.1 Å². The smallest absolute Gasteiger partial charge is 0.271 e. The lowest BCUT2D eigenvalue weighted by atomic mass is 9.45. The van der Waals surface area contributed by atoms with Crippen molar-refractivity contribution in [2.24, 2.45) is 0 Å². The average molecular weight is 213 g/mol. The van der Waals surface area contributed by atoms with Crippen molar-refractivity contribution in [3.8, 4) is 5.97 Å². The van der Waals surface area contributed by atoms with Crippen LogP contribution in [0.2, 0.25) is 12.6 Å². The Labute approximate surface area is 96.9 Å². The molecule has 0 saturated carbocycles. The van der Waals surface area contributed by atoms with Crippen molar-refractivity contribution in [2.45, 2.75) is 19.6 Å². The summed E-state index contributed by atoms with van der Waals surface area (Å²) in [5.41, 5.74) is 9.03. The summed E-state index contributed by atoms with van der Waals surface area (Å²) in [6.07, 6.45) is 1.95. The number of rotatable bonds is 1. The molecular weight excluding hydrogens is 197 g/mol. The second kappa shape index (κ2) is 4.48. The number of nitrogens with two attached hydrogens (primary N) is 1. The highest BCUT2D eigenvalue weighted by molar-refractivity contribution is 6.67. The molecule has 3 nitrogen and oxygen atoms in total. The molecule has 4 heteroatoms. The molecule has 1 aromatic rings. The van der Waals surface area contributed by atoms with Crippen LogP contribution in [0.25, 0.3) is 0 Å². The van der Waals surface area contributed by atoms with E-state index in [-0.39, 0.29) is 6.71 Å². The summed E-state index contributed by atoms with van der Waals surface area (Å²) in [5, 5.41) is 8.85. The standard InChI is InChI=1S/C12H16BN3/c1-10-8-11(15)2-3-12(10)16-6-4-13(9-14)5-7-16/h2-3,8H,4-7,15H2,1H3. The fourth-order valence-electron chi connectivity index (χ4n) is 2.28. The predicted molar refractivity (Wildman–Crippen MR) is 68.8 cm³/mol. The fraction of sp³-hybridized carbons (Fsp3) is 0.417. The maximum atomic E-state index is 8.85. The molecule has 16 heavy (non-hydrogen) atoms. The first-order valence-corrected chi connectivity index (χ1v) is 5.71. The van der Waals surface area contributed by atoms with Gasteiger partial charge >= 0.3 is 0 Å². The van der Waals surface area contributed by atoms with E-state index in [1.165, 1.54) is 11.3 Å². The highest BCUT2D eigenvalue weighted by Crippen LogP contribution is 2.25. The van der Waals surface area contributed by atoms with Crippen LogP contribution in [0.1, 0.15) is 5.56 Å². The van der Waals surface area contributed by atoms with Crippen LogP contribution in [0.15, 0.2) is 18.2 Å². The number of nitrogens with zero attached hydrogens (tertiary/aromatic N) is 2. The van der Waals surface area contributed by atoms with E-state index in [9.17, 15) is 0 Å². The second-order valence-electron chi connectivity index (χ2n) is 4.44. The van der Waals surface area contributed by atoms with Gasteiger partial charge in [0.25, 0.3) is 6.71 Å². The van der Waals surface area contributed by atoms with Crippen LogP contribution in [0.5, 0.6) is 0 Å². The van der Waals surface area contributed by atoms with Gasteiger partial charge in [-0.3, -0.25) is 0 Å². The van der Waals surface area contributed by atoms with Crippen molar-refractivity contribution in [1.82, 2.24) is 0 Å². The fourth-order valence-corrected chi connectivity index (χ4v) is 2.28. The lowest BCUT2D eigenvalue weighted by Crippen LogP contribution is -2.36. The van der Waals surface area contributed by atoms with Crippen molar-refractivity contribution in [3.05, 3.63) is 23.8 Å². The van der Waals surface area contributed by atoms with Gasteiger partial charge in [-0.25, -0.2) is 5.26 Å². The Morgan fingerprint density at radius 1 is 1.38 bits per heavy atom. The van der Waals surface area contributed by atoms with Crippen molar-refractivity contribution in [3.63, 3.8) is 0 Å². The molecule has 1 aliphatic rings. The molecule has 0 unspecified atom stereocenters. The number of nitriles is 1. The van der Waals surface area contributed by atoms with E-state index in [4.69, 9.17) is 11.0 Å². The molecule has 0 amide bonds. The minimum absolute atomic E-state index is 0.241. The molecule has 1 saturated heterocycles. The normalized spacial score (nSPS) is 16.0. The molecule has 1 fully saturated rings. The molecule has 1 aliphatic heterocycles. The summed E-state index contributed by atoms with van der Waals surface area (Å²) in [6, 6.07) is 6.03. The van der Waals surface area contributed by atoms with Crippen LogP contribution in [0.4, 0.5) is 11.4 Å². The van der Waals surface area contributed by atoms with Crippen LogP contribution in [0.3, 0.4) is 0 Å². The molecule has 2 rings (SSSR count). The van der Waals surface area contributed by atoms with E-state index in [2.05, 4.69) is 23.9 Å². The molecule has 0 spiro atoms. The van der Waals surface area contributed by atoms with Crippen LogP contribution < -0.4 is 10.6 Å². The summed E-state index contributed by atoms with van der Waals surface area (Å²) in [5.74, 6) is 2.35. The van der Waals surface area contributed by atoms with Gasteiger partial charge in [-0.1, -0.05) is 0 Å². The van der Waals surface area contributed by atoms with E-state index < -0.39 is 0 Å². The highest BCUT2D eigenvalue weighted by atomic mass is 15.1. The Balaban J connectivity index is 2.12. The van der Waals surface area contributed by atoms with E-state index in [1.54, 1.807) is 0 Å². The average Bonchev–Trinajstić information content (AvgIpc) is 2.29. The summed E-state index contributed by atoms with van der Waals surface area (Å²) in [4.78, 5) is 2.35. The maximum Gasteiger partial charge on any atom is 0.271 e. The minimum Gasteiger partial charge on any atom is -0.399 e. The van der Waals surface area contributed by atoms with Gasteiger partial charge in [0.05, 0.1) is 0 Å². The molecule has 2 N–H and O–H groups in total. The lowest BCUT2D eigenvalue weighted by molar-refractivity contribution is 0.818. The number of aryl methyl sites for hydroxylation is 1. The lowest BCUT2D eigenvalue weighted by Gasteiger charge is -2.31. The van der Waals surface area contributed by atoms with Crippen molar-refractivity contribution in [1.29, 1.82) is 5.26 Å². The summed E-state index contributed by atoms with van der Waals surface area (Å²) < 4.78 is 0. The predicted octanol–water partition coefficient (Wildman–Crippen LogP) is 1.95. The first kappa shape index (κ1) is 10.9. The van der Waals surface area contributed by atoms with Crippen LogP contribution >= 0.6 is 0 Å². The third kappa shape index (κ3) is 2.14. The first-order chi connectivity index (χ1) is 7.70. The Morgan fingerprint density at radius 3 is 2.62 bits per heavy atom. The highest BCUT2D eigenvalue weighted by Gasteiger charge is 2.23. The molecule has 1 heterocycles. The SMILES string of the molecule is Cc1cc(N)ccc1N1CCB(C#N)CC1. The number of nitrogen functional groups attached to an aromatic ring is 1. The molecule has 82 valence electrons. The summed E-state index contributed by atoms with van der Waals surface area (Å²) in [7, 11) is 0. The van der Waals surface area contributed by atoms with Crippen LogP contribution in [-0.2, 0) is 0 Å². The van der Waals surface area contributed by atoms with Gasteiger partial charge < -0.3 is 10.6 Å².